The molecule has 0 amide bonds. The average molecular weight is 341 g/mol. The first-order valence-corrected chi connectivity index (χ1v) is 9.14. The molecular weight excluding hydrogens is 322 g/mol. The van der Waals surface area contributed by atoms with Crippen molar-refractivity contribution in [1.29, 1.82) is 0 Å². The van der Waals surface area contributed by atoms with Crippen LogP contribution >= 0.6 is 11.3 Å². The van der Waals surface area contributed by atoms with Crippen LogP contribution in [0, 0.1) is 0 Å². The lowest BCUT2D eigenvalue weighted by molar-refractivity contribution is 0.242. The number of nitrogens with one attached hydrogen (secondary N) is 1. The van der Waals surface area contributed by atoms with Crippen LogP contribution in [0.25, 0.3) is 0 Å². The van der Waals surface area contributed by atoms with Crippen LogP contribution in [0.4, 0.5) is 5.13 Å². The molecule has 1 unspecified atom stereocenters. The summed E-state index contributed by atoms with van der Waals surface area (Å²) in [5.74, 6) is 0.797. The van der Waals surface area contributed by atoms with Crippen molar-refractivity contribution in [3.05, 3.63) is 36.0 Å². The predicted octanol–water partition coefficient (Wildman–Crippen LogP) is 2.75. The Morgan fingerprint density at radius 2 is 2.05 bits per heavy atom. The van der Waals surface area contributed by atoms with Gasteiger partial charge in [0.1, 0.15) is 5.75 Å². The molecule has 0 radical (unpaired) electrons. The molecule has 3 N–H and O–H groups in total. The number of benzene rings is 1. The number of thiazole rings is 1. The van der Waals surface area contributed by atoms with E-state index in [-0.39, 0.29) is 16.4 Å². The third kappa shape index (κ3) is 4.43. The minimum Gasteiger partial charge on any atom is -0.491 e. The van der Waals surface area contributed by atoms with Gasteiger partial charge in [-0.05, 0) is 38.5 Å². The average Bonchev–Trinajstić information content (AvgIpc) is 2.86. The van der Waals surface area contributed by atoms with Crippen molar-refractivity contribution in [2.24, 2.45) is 5.14 Å². The summed E-state index contributed by atoms with van der Waals surface area (Å²) in [6.45, 7) is 5.91. The Bertz CT molecular complexity index is 741. The van der Waals surface area contributed by atoms with Crippen LogP contribution in [0.2, 0.25) is 0 Å². The van der Waals surface area contributed by atoms with Gasteiger partial charge in [0.2, 0.25) is 10.0 Å². The van der Waals surface area contributed by atoms with Crippen molar-refractivity contribution in [3.8, 4) is 5.75 Å². The quantitative estimate of drug-likeness (QED) is 0.842. The molecule has 1 atom stereocenters. The maximum Gasteiger partial charge on any atom is 0.249 e. The Morgan fingerprint density at radius 1 is 1.32 bits per heavy atom. The van der Waals surface area contributed by atoms with Gasteiger partial charge in [0, 0.05) is 0 Å². The van der Waals surface area contributed by atoms with Gasteiger partial charge in [0.15, 0.2) is 9.34 Å². The molecule has 120 valence electrons. The van der Waals surface area contributed by atoms with Gasteiger partial charge in [-0.25, -0.2) is 18.5 Å². The zero-order valence-electron chi connectivity index (χ0n) is 12.6. The molecule has 22 heavy (non-hydrogen) atoms. The molecule has 0 aliphatic carbocycles. The number of anilines is 1. The van der Waals surface area contributed by atoms with Crippen molar-refractivity contribution in [2.45, 2.75) is 37.1 Å². The lowest BCUT2D eigenvalue weighted by Gasteiger charge is -2.16. The van der Waals surface area contributed by atoms with Crippen LogP contribution in [0.3, 0.4) is 0 Å². The molecule has 0 spiro atoms. The highest BCUT2D eigenvalue weighted by molar-refractivity contribution is 7.91. The summed E-state index contributed by atoms with van der Waals surface area (Å²) in [5, 5.41) is 8.75. The number of nitrogens with zero attached hydrogens (tertiary/aromatic N) is 1. The standard InChI is InChI=1S/C14H19N3O3S2/c1-9(2)20-12-6-4-5-11(7-12)10(3)17-14-16-8-13(21-14)22(15,18)19/h4-10H,1-3H3,(H,16,17)(H2,15,18,19). The zero-order valence-corrected chi connectivity index (χ0v) is 14.2. The summed E-state index contributed by atoms with van der Waals surface area (Å²) in [5.41, 5.74) is 1.02. The molecule has 6 nitrogen and oxygen atoms in total. The largest absolute Gasteiger partial charge is 0.491 e. The fourth-order valence-electron chi connectivity index (χ4n) is 1.86. The fourth-order valence-corrected chi connectivity index (χ4v) is 3.39. The third-order valence-corrected chi connectivity index (χ3v) is 5.17. The third-order valence-electron chi connectivity index (χ3n) is 2.83. The number of hydrogen-bond acceptors (Lipinski definition) is 6. The van der Waals surface area contributed by atoms with E-state index in [9.17, 15) is 8.42 Å². The van der Waals surface area contributed by atoms with Gasteiger partial charge in [0.25, 0.3) is 0 Å². The topological polar surface area (TPSA) is 94.3 Å². The van der Waals surface area contributed by atoms with E-state index in [1.165, 1.54) is 6.20 Å². The minimum atomic E-state index is -3.71. The first-order valence-electron chi connectivity index (χ1n) is 6.77. The van der Waals surface area contributed by atoms with Gasteiger partial charge in [-0.2, -0.15) is 0 Å². The van der Waals surface area contributed by atoms with E-state index in [4.69, 9.17) is 9.88 Å². The molecule has 1 aromatic carbocycles. The predicted molar refractivity (Wildman–Crippen MR) is 87.7 cm³/mol. The first kappa shape index (κ1) is 16.7. The Hall–Kier alpha value is -1.64. The maximum absolute atomic E-state index is 11.3. The van der Waals surface area contributed by atoms with Crippen LogP contribution in [-0.2, 0) is 10.0 Å². The molecule has 2 rings (SSSR count). The number of sulfonamides is 1. The maximum atomic E-state index is 11.3. The molecule has 1 heterocycles. The lowest BCUT2D eigenvalue weighted by atomic mass is 10.1. The van der Waals surface area contributed by atoms with E-state index in [0.717, 1.165) is 22.6 Å². The fraction of sp³-hybridized carbons (Fsp3) is 0.357. The van der Waals surface area contributed by atoms with Crippen LogP contribution in [0.1, 0.15) is 32.4 Å². The zero-order chi connectivity index (χ0) is 16.3. The highest BCUT2D eigenvalue weighted by atomic mass is 32.2. The second-order valence-corrected chi connectivity index (χ2v) is 7.95. The van der Waals surface area contributed by atoms with E-state index in [1.807, 2.05) is 45.0 Å². The molecule has 0 saturated carbocycles. The Kier molecular flexibility index (Phi) is 5.05. The van der Waals surface area contributed by atoms with Gasteiger partial charge in [0.05, 0.1) is 18.3 Å². The summed E-state index contributed by atoms with van der Waals surface area (Å²) in [6, 6.07) is 7.70. The number of primary sulfonamides is 1. The van der Waals surface area contributed by atoms with Crippen molar-refractivity contribution in [1.82, 2.24) is 4.98 Å². The summed E-state index contributed by atoms with van der Waals surface area (Å²) in [7, 11) is -3.71. The number of nitrogens with two attached hydrogens (primary N) is 1. The van der Waals surface area contributed by atoms with Crippen LogP contribution in [0.5, 0.6) is 5.75 Å². The molecule has 0 fully saturated rings. The SMILES string of the molecule is CC(C)Oc1cccc(C(C)Nc2ncc(S(N)(=O)=O)s2)c1. The summed E-state index contributed by atoms with van der Waals surface area (Å²) < 4.78 is 28.2. The van der Waals surface area contributed by atoms with Gasteiger partial charge < -0.3 is 10.1 Å². The molecule has 0 saturated heterocycles. The second kappa shape index (κ2) is 6.64. The van der Waals surface area contributed by atoms with E-state index in [1.54, 1.807) is 0 Å². The van der Waals surface area contributed by atoms with E-state index in [2.05, 4.69) is 10.3 Å². The monoisotopic (exact) mass is 341 g/mol. The van der Waals surface area contributed by atoms with Crippen molar-refractivity contribution < 1.29 is 13.2 Å². The first-order chi connectivity index (χ1) is 10.3. The summed E-state index contributed by atoms with van der Waals surface area (Å²) in [6.07, 6.45) is 1.36. The van der Waals surface area contributed by atoms with E-state index < -0.39 is 10.0 Å². The molecular formula is C14H19N3O3S2. The van der Waals surface area contributed by atoms with E-state index in [0.29, 0.717) is 5.13 Å². The van der Waals surface area contributed by atoms with E-state index >= 15 is 0 Å². The molecule has 1 aromatic heterocycles. The van der Waals surface area contributed by atoms with Crippen molar-refractivity contribution in [2.75, 3.05) is 5.32 Å². The Morgan fingerprint density at radius 3 is 2.64 bits per heavy atom. The molecule has 0 aliphatic rings. The van der Waals surface area contributed by atoms with Crippen molar-refractivity contribution in [3.63, 3.8) is 0 Å². The van der Waals surface area contributed by atoms with Gasteiger partial charge >= 0.3 is 0 Å². The van der Waals surface area contributed by atoms with Crippen molar-refractivity contribution >= 4 is 26.5 Å². The Balaban J connectivity index is 2.12. The summed E-state index contributed by atoms with van der Waals surface area (Å²) in [4.78, 5) is 4.04. The Labute approximate surface area is 134 Å². The highest BCUT2D eigenvalue weighted by Crippen LogP contribution is 2.27. The molecule has 8 heteroatoms. The van der Waals surface area contributed by atoms with Crippen LogP contribution < -0.4 is 15.2 Å². The molecule has 0 bridgehead atoms. The minimum absolute atomic E-state index is 0.0408. The lowest BCUT2D eigenvalue weighted by Crippen LogP contribution is -2.10. The second-order valence-electron chi connectivity index (χ2n) is 5.13. The number of aromatic nitrogens is 1. The molecule has 0 aliphatic heterocycles. The summed E-state index contributed by atoms with van der Waals surface area (Å²) >= 11 is 1.01. The number of rotatable bonds is 6. The number of hydrogen-bond donors (Lipinski definition) is 2. The van der Waals surface area contributed by atoms with Gasteiger partial charge in [-0.1, -0.05) is 23.5 Å². The molecule has 2 aromatic rings. The van der Waals surface area contributed by atoms with Gasteiger partial charge in [-0.15, -0.1) is 0 Å². The van der Waals surface area contributed by atoms with Crippen LogP contribution in [0.15, 0.2) is 34.7 Å². The highest BCUT2D eigenvalue weighted by Gasteiger charge is 2.14. The normalized spacial score (nSPS) is 13.1. The van der Waals surface area contributed by atoms with Gasteiger partial charge in [-0.3, -0.25) is 0 Å². The van der Waals surface area contributed by atoms with Crippen LogP contribution in [-0.4, -0.2) is 19.5 Å². The smallest absolute Gasteiger partial charge is 0.249 e. The number of ether oxygens (including phenoxy) is 1.